The van der Waals surface area contributed by atoms with Crippen molar-refractivity contribution in [3.63, 3.8) is 0 Å². The third kappa shape index (κ3) is 2.63. The lowest BCUT2D eigenvalue weighted by Gasteiger charge is -2.23. The molecule has 1 aromatic heterocycles. The number of aromatic nitrogens is 1. The van der Waals surface area contributed by atoms with Crippen molar-refractivity contribution >= 4 is 12.1 Å². The van der Waals surface area contributed by atoms with Crippen LogP contribution in [-0.4, -0.2) is 33.2 Å². The van der Waals surface area contributed by atoms with E-state index in [2.05, 4.69) is 24.3 Å². The lowest BCUT2D eigenvalue weighted by Crippen LogP contribution is -2.35. The molecule has 0 saturated heterocycles. The first-order valence-corrected chi connectivity index (χ1v) is 9.54. The second-order valence-electron chi connectivity index (χ2n) is 7.50. The second-order valence-corrected chi connectivity index (χ2v) is 7.50. The molecule has 0 saturated carbocycles. The van der Waals surface area contributed by atoms with E-state index < -0.39 is 18.1 Å². The number of aliphatic carboxylic acids is 1. The van der Waals surface area contributed by atoms with E-state index in [1.165, 1.54) is 4.90 Å². The number of benzene rings is 2. The summed E-state index contributed by atoms with van der Waals surface area (Å²) in [6.45, 7) is 0.401. The summed E-state index contributed by atoms with van der Waals surface area (Å²) < 4.78 is 7.51. The number of fused-ring (bicyclic) bond motifs is 4. The smallest absolute Gasteiger partial charge is 0.411 e. The topological polar surface area (TPSA) is 71.8 Å². The van der Waals surface area contributed by atoms with Gasteiger partial charge in [0.25, 0.3) is 0 Å². The van der Waals surface area contributed by atoms with Crippen LogP contribution < -0.4 is 0 Å². The van der Waals surface area contributed by atoms with Crippen molar-refractivity contribution in [2.45, 2.75) is 18.5 Å². The lowest BCUT2D eigenvalue weighted by atomic mass is 9.98. The van der Waals surface area contributed by atoms with Crippen LogP contribution in [0.4, 0.5) is 4.79 Å². The number of aryl methyl sites for hydroxylation is 1. The molecule has 0 unspecified atom stereocenters. The van der Waals surface area contributed by atoms with Gasteiger partial charge in [-0.1, -0.05) is 48.5 Å². The average Bonchev–Trinajstić information content (AvgIpc) is 3.37. The van der Waals surface area contributed by atoms with Crippen molar-refractivity contribution in [3.8, 4) is 11.1 Å². The molecule has 0 radical (unpaired) electrons. The highest BCUT2D eigenvalue weighted by atomic mass is 16.6. The van der Waals surface area contributed by atoms with Gasteiger partial charge in [0.1, 0.15) is 6.61 Å². The van der Waals surface area contributed by atoms with Gasteiger partial charge >= 0.3 is 12.1 Å². The highest BCUT2D eigenvalue weighted by Gasteiger charge is 2.41. The zero-order valence-electron chi connectivity index (χ0n) is 15.9. The molecule has 1 atom stereocenters. The number of carbonyl (C=O) groups excluding carboxylic acids is 1. The van der Waals surface area contributed by atoms with E-state index in [0.717, 1.165) is 27.9 Å². The molecule has 6 nitrogen and oxygen atoms in total. The maximum atomic E-state index is 12.8. The van der Waals surface area contributed by atoms with E-state index in [4.69, 9.17) is 4.74 Å². The quantitative estimate of drug-likeness (QED) is 0.738. The summed E-state index contributed by atoms with van der Waals surface area (Å²) in [4.78, 5) is 26.0. The minimum atomic E-state index is -1.05. The Balaban J connectivity index is 1.38. The van der Waals surface area contributed by atoms with E-state index in [1.54, 1.807) is 6.07 Å². The molecule has 6 heteroatoms. The molecule has 0 fully saturated rings. The fourth-order valence-corrected chi connectivity index (χ4v) is 4.57. The van der Waals surface area contributed by atoms with Gasteiger partial charge in [-0.25, -0.2) is 9.59 Å². The summed E-state index contributed by atoms with van der Waals surface area (Å²) in [7, 11) is 1.85. The van der Waals surface area contributed by atoms with E-state index in [9.17, 15) is 14.7 Å². The molecular formula is C23H20N2O4. The number of hydrogen-bond donors (Lipinski definition) is 1. The normalized spacial score (nSPS) is 17.0. The lowest BCUT2D eigenvalue weighted by molar-refractivity contribution is -0.142. The molecule has 5 rings (SSSR count). The molecule has 29 heavy (non-hydrogen) atoms. The van der Waals surface area contributed by atoms with Crippen molar-refractivity contribution in [1.82, 2.24) is 9.47 Å². The Bertz CT molecular complexity index is 1090. The standard InChI is InChI=1S/C23H20N2O4/c1-24-11-10-18-20(24)12-25(21(18)22(26)27)23(28)29-13-19-16-8-4-2-6-14(16)15-7-3-5-9-17(15)19/h2-11,19,21H,12-13H2,1H3,(H,26,27)/t21-/m0/s1. The van der Waals surface area contributed by atoms with Gasteiger partial charge in [0.2, 0.25) is 0 Å². The average molecular weight is 388 g/mol. The molecule has 2 heterocycles. The maximum Gasteiger partial charge on any atom is 0.411 e. The molecule has 1 amide bonds. The van der Waals surface area contributed by atoms with Crippen LogP contribution in [0.5, 0.6) is 0 Å². The van der Waals surface area contributed by atoms with Crippen LogP contribution in [0.25, 0.3) is 11.1 Å². The van der Waals surface area contributed by atoms with Gasteiger partial charge in [-0.3, -0.25) is 4.90 Å². The molecule has 0 spiro atoms. The van der Waals surface area contributed by atoms with Gasteiger partial charge in [0.15, 0.2) is 6.04 Å². The molecule has 3 aromatic rings. The summed E-state index contributed by atoms with van der Waals surface area (Å²) in [6, 6.07) is 17.0. The summed E-state index contributed by atoms with van der Waals surface area (Å²) >= 11 is 0. The fraction of sp³-hybridized carbons (Fsp3) is 0.217. The number of hydrogen-bond acceptors (Lipinski definition) is 3. The highest BCUT2D eigenvalue weighted by Crippen LogP contribution is 2.44. The van der Waals surface area contributed by atoms with E-state index >= 15 is 0 Å². The first-order chi connectivity index (χ1) is 14.1. The third-order valence-corrected chi connectivity index (χ3v) is 5.97. The number of amides is 1. The number of rotatable bonds is 3. The minimum Gasteiger partial charge on any atom is -0.479 e. The van der Waals surface area contributed by atoms with E-state index in [1.807, 2.05) is 42.1 Å². The van der Waals surface area contributed by atoms with Gasteiger partial charge in [-0.2, -0.15) is 0 Å². The largest absolute Gasteiger partial charge is 0.479 e. The Morgan fingerprint density at radius 3 is 2.24 bits per heavy atom. The molecule has 0 bridgehead atoms. The second kappa shape index (κ2) is 6.51. The Morgan fingerprint density at radius 2 is 1.62 bits per heavy atom. The Morgan fingerprint density at radius 1 is 1.00 bits per heavy atom. The maximum absolute atomic E-state index is 12.8. The third-order valence-electron chi connectivity index (χ3n) is 5.97. The number of carboxylic acid groups (broad SMARTS) is 1. The molecule has 1 aliphatic carbocycles. The van der Waals surface area contributed by atoms with Gasteiger partial charge in [-0.15, -0.1) is 0 Å². The predicted octanol–water partition coefficient (Wildman–Crippen LogP) is 3.92. The van der Waals surface area contributed by atoms with Crippen molar-refractivity contribution in [2.75, 3.05) is 6.61 Å². The highest BCUT2D eigenvalue weighted by molar-refractivity contribution is 5.84. The van der Waals surface area contributed by atoms with Gasteiger partial charge in [-0.05, 0) is 28.3 Å². The van der Waals surface area contributed by atoms with Crippen LogP contribution in [0.2, 0.25) is 0 Å². The van der Waals surface area contributed by atoms with Gasteiger partial charge < -0.3 is 14.4 Å². The van der Waals surface area contributed by atoms with Crippen LogP contribution in [0.3, 0.4) is 0 Å². The fourth-order valence-electron chi connectivity index (χ4n) is 4.57. The Kier molecular flexibility index (Phi) is 3.94. The van der Waals surface area contributed by atoms with Crippen LogP contribution in [0.15, 0.2) is 60.8 Å². The molecular weight excluding hydrogens is 368 g/mol. The van der Waals surface area contributed by atoms with Crippen LogP contribution >= 0.6 is 0 Å². The van der Waals surface area contributed by atoms with Crippen molar-refractivity contribution in [1.29, 1.82) is 0 Å². The molecule has 2 aliphatic rings. The van der Waals surface area contributed by atoms with Crippen molar-refractivity contribution in [3.05, 3.63) is 83.2 Å². The summed E-state index contributed by atoms with van der Waals surface area (Å²) in [5.41, 5.74) is 6.03. The number of carbonyl (C=O) groups is 2. The zero-order valence-corrected chi connectivity index (χ0v) is 15.9. The van der Waals surface area contributed by atoms with Crippen LogP contribution in [0.1, 0.15) is 34.3 Å². The first-order valence-electron chi connectivity index (χ1n) is 9.54. The number of carboxylic acids is 1. The summed E-state index contributed by atoms with van der Waals surface area (Å²) in [6.07, 6.45) is 1.21. The van der Waals surface area contributed by atoms with Crippen molar-refractivity contribution < 1.29 is 19.4 Å². The molecule has 1 aliphatic heterocycles. The zero-order chi connectivity index (χ0) is 20.1. The van der Waals surface area contributed by atoms with E-state index in [0.29, 0.717) is 5.56 Å². The first kappa shape index (κ1) is 17.6. The van der Waals surface area contributed by atoms with Gasteiger partial charge in [0.05, 0.1) is 6.54 Å². The number of nitrogens with zero attached hydrogens (tertiary/aromatic N) is 2. The van der Waals surface area contributed by atoms with E-state index in [-0.39, 0.29) is 19.1 Å². The number of ether oxygens (including phenoxy) is 1. The minimum absolute atomic E-state index is 0.0559. The Hall–Kier alpha value is -3.54. The Labute approximate surface area is 167 Å². The predicted molar refractivity (Wildman–Crippen MR) is 106 cm³/mol. The summed E-state index contributed by atoms with van der Waals surface area (Å²) in [5.74, 6) is -1.11. The molecule has 2 aromatic carbocycles. The monoisotopic (exact) mass is 388 g/mol. The van der Waals surface area contributed by atoms with Crippen molar-refractivity contribution in [2.24, 2.45) is 7.05 Å². The van der Waals surface area contributed by atoms with Crippen LogP contribution in [-0.2, 0) is 23.1 Å². The SMILES string of the molecule is Cn1ccc2c1CN(C(=O)OCC1c3ccccc3-c3ccccc31)[C@@H]2C(=O)O. The molecule has 146 valence electrons. The summed E-state index contributed by atoms with van der Waals surface area (Å²) in [5, 5.41) is 9.67. The molecule has 1 N–H and O–H groups in total. The van der Waals surface area contributed by atoms with Crippen LogP contribution in [0, 0.1) is 0 Å². The van der Waals surface area contributed by atoms with Gasteiger partial charge in [0, 0.05) is 30.4 Å².